The number of rotatable bonds is 6. The molecule has 8 heteroatoms. The summed E-state index contributed by atoms with van der Waals surface area (Å²) in [5.74, 6) is 1.41. The molecule has 2 aliphatic rings. The largest absolute Gasteiger partial charge is 0.378 e. The minimum atomic E-state index is 0.575. The number of hydrogen-bond donors (Lipinski definition) is 1. The molecule has 1 aromatic heterocycles. The highest BCUT2D eigenvalue weighted by atomic mass is 16.5. The number of aryl methyl sites for hydroxylation is 2. The Kier molecular flexibility index (Phi) is 7.01. The Bertz CT molecular complexity index is 1100. The van der Waals surface area contributed by atoms with Gasteiger partial charge in [0.15, 0.2) is 0 Å². The summed E-state index contributed by atoms with van der Waals surface area (Å²) in [5.41, 5.74) is 6.91. The Morgan fingerprint density at radius 3 is 1.94 bits per heavy atom. The first-order chi connectivity index (χ1) is 17.0. The molecule has 2 fully saturated rings. The summed E-state index contributed by atoms with van der Waals surface area (Å²) in [6.45, 7) is 10.8. The first-order valence-corrected chi connectivity index (χ1v) is 12.3. The summed E-state index contributed by atoms with van der Waals surface area (Å²) < 4.78 is 11.1. The van der Waals surface area contributed by atoms with E-state index in [2.05, 4.69) is 75.2 Å². The summed E-state index contributed by atoms with van der Waals surface area (Å²) >= 11 is 0. The smallest absolute Gasteiger partial charge is 0.229 e. The average Bonchev–Trinajstić information content (AvgIpc) is 2.89. The zero-order chi connectivity index (χ0) is 24.2. The van der Waals surface area contributed by atoms with Crippen molar-refractivity contribution in [2.75, 3.05) is 79.7 Å². The fourth-order valence-corrected chi connectivity index (χ4v) is 4.68. The van der Waals surface area contributed by atoms with Crippen LogP contribution in [0.3, 0.4) is 0 Å². The molecule has 3 heterocycles. The van der Waals surface area contributed by atoms with Gasteiger partial charge in [0.2, 0.25) is 5.95 Å². The maximum Gasteiger partial charge on any atom is 0.229 e. The van der Waals surface area contributed by atoms with E-state index in [4.69, 9.17) is 14.5 Å². The van der Waals surface area contributed by atoms with Crippen LogP contribution in [0, 0.1) is 13.8 Å². The van der Waals surface area contributed by atoms with Crippen molar-refractivity contribution in [1.29, 1.82) is 0 Å². The lowest BCUT2D eigenvalue weighted by atomic mass is 10.1. The predicted octanol–water partition coefficient (Wildman–Crippen LogP) is 4.28. The maximum atomic E-state index is 5.57. The van der Waals surface area contributed by atoms with Crippen LogP contribution in [0.15, 0.2) is 48.7 Å². The first kappa shape index (κ1) is 23.4. The number of aromatic nitrogens is 2. The van der Waals surface area contributed by atoms with Crippen LogP contribution >= 0.6 is 0 Å². The molecule has 1 N–H and O–H groups in total. The standard InChI is InChI=1S/C27H34N6O2/c1-20-14-21(2)16-23(15-20)31(3)26-4-5-28-27(30-26)29-22-17-24(32-6-10-34-11-7-32)19-25(18-22)33-8-12-35-13-9-33/h4-5,14-19H,6-13H2,1-3H3,(H,28,29,30). The highest BCUT2D eigenvalue weighted by Gasteiger charge is 2.18. The van der Waals surface area contributed by atoms with Crippen molar-refractivity contribution in [2.45, 2.75) is 13.8 Å². The van der Waals surface area contributed by atoms with Crippen LogP contribution in [0.1, 0.15) is 11.1 Å². The van der Waals surface area contributed by atoms with Crippen molar-refractivity contribution in [3.63, 3.8) is 0 Å². The quantitative estimate of drug-likeness (QED) is 0.568. The highest BCUT2D eigenvalue weighted by Crippen LogP contribution is 2.31. The molecule has 0 aliphatic carbocycles. The summed E-state index contributed by atoms with van der Waals surface area (Å²) in [7, 11) is 2.04. The van der Waals surface area contributed by atoms with Gasteiger partial charge in [0.05, 0.1) is 26.4 Å². The van der Waals surface area contributed by atoms with Gasteiger partial charge >= 0.3 is 0 Å². The lowest BCUT2D eigenvalue weighted by Crippen LogP contribution is -2.38. The molecule has 0 saturated carbocycles. The third-order valence-electron chi connectivity index (χ3n) is 6.49. The van der Waals surface area contributed by atoms with Gasteiger partial charge in [-0.25, -0.2) is 4.98 Å². The number of anilines is 6. The van der Waals surface area contributed by atoms with E-state index in [1.54, 1.807) is 6.20 Å². The number of hydrogen-bond acceptors (Lipinski definition) is 8. The van der Waals surface area contributed by atoms with Crippen LogP contribution < -0.4 is 20.0 Å². The van der Waals surface area contributed by atoms with Crippen LogP contribution in [0.25, 0.3) is 0 Å². The molecule has 184 valence electrons. The number of benzene rings is 2. The molecule has 0 atom stereocenters. The van der Waals surface area contributed by atoms with Crippen molar-refractivity contribution >= 4 is 34.5 Å². The minimum Gasteiger partial charge on any atom is -0.378 e. The van der Waals surface area contributed by atoms with E-state index in [1.165, 1.54) is 22.5 Å². The zero-order valence-corrected chi connectivity index (χ0v) is 20.8. The van der Waals surface area contributed by atoms with Crippen molar-refractivity contribution < 1.29 is 9.47 Å². The third kappa shape index (κ3) is 5.66. The van der Waals surface area contributed by atoms with Crippen molar-refractivity contribution in [1.82, 2.24) is 9.97 Å². The summed E-state index contributed by atoms with van der Waals surface area (Å²) in [4.78, 5) is 16.2. The molecule has 8 nitrogen and oxygen atoms in total. The molecule has 35 heavy (non-hydrogen) atoms. The molecule has 0 radical (unpaired) electrons. The molecular formula is C27H34N6O2. The number of nitrogens with zero attached hydrogens (tertiary/aromatic N) is 5. The van der Waals surface area contributed by atoms with Gasteiger partial charge in [-0.15, -0.1) is 0 Å². The molecular weight excluding hydrogens is 440 g/mol. The normalized spacial score (nSPS) is 16.3. The van der Waals surface area contributed by atoms with E-state index < -0.39 is 0 Å². The molecule has 0 amide bonds. The monoisotopic (exact) mass is 474 g/mol. The van der Waals surface area contributed by atoms with Gasteiger partial charge in [-0.2, -0.15) is 4.98 Å². The Morgan fingerprint density at radius 1 is 0.800 bits per heavy atom. The first-order valence-electron chi connectivity index (χ1n) is 12.3. The van der Waals surface area contributed by atoms with Gasteiger partial charge < -0.3 is 29.5 Å². The van der Waals surface area contributed by atoms with Crippen LogP contribution in [-0.4, -0.2) is 69.6 Å². The second-order valence-electron chi connectivity index (χ2n) is 9.21. The van der Waals surface area contributed by atoms with Crippen LogP contribution in [0.4, 0.5) is 34.5 Å². The van der Waals surface area contributed by atoms with Crippen LogP contribution in [-0.2, 0) is 9.47 Å². The predicted molar refractivity (Wildman–Crippen MR) is 142 cm³/mol. The van der Waals surface area contributed by atoms with E-state index in [1.807, 2.05) is 13.1 Å². The second kappa shape index (κ2) is 10.5. The molecule has 5 rings (SSSR count). The molecule has 2 aromatic carbocycles. The third-order valence-corrected chi connectivity index (χ3v) is 6.49. The molecule has 3 aromatic rings. The van der Waals surface area contributed by atoms with Gasteiger partial charge in [-0.05, 0) is 61.4 Å². The minimum absolute atomic E-state index is 0.575. The molecule has 0 bridgehead atoms. The Morgan fingerprint density at radius 2 is 1.37 bits per heavy atom. The maximum absolute atomic E-state index is 5.57. The van der Waals surface area contributed by atoms with Crippen molar-refractivity contribution in [2.24, 2.45) is 0 Å². The van der Waals surface area contributed by atoms with E-state index in [-0.39, 0.29) is 0 Å². The number of morpholine rings is 2. The van der Waals surface area contributed by atoms with E-state index in [9.17, 15) is 0 Å². The van der Waals surface area contributed by atoms with Gasteiger partial charge in [-0.3, -0.25) is 0 Å². The molecule has 0 spiro atoms. The Labute approximate surface area is 207 Å². The lowest BCUT2D eigenvalue weighted by molar-refractivity contribution is 0.122. The van der Waals surface area contributed by atoms with Gasteiger partial charge in [-0.1, -0.05) is 6.07 Å². The highest BCUT2D eigenvalue weighted by molar-refractivity contribution is 5.72. The summed E-state index contributed by atoms with van der Waals surface area (Å²) in [6.07, 6.45) is 1.80. The zero-order valence-electron chi connectivity index (χ0n) is 20.8. The fourth-order valence-electron chi connectivity index (χ4n) is 4.68. The topological polar surface area (TPSA) is 66.0 Å². The van der Waals surface area contributed by atoms with Crippen molar-refractivity contribution in [3.05, 3.63) is 59.8 Å². The van der Waals surface area contributed by atoms with Crippen LogP contribution in [0.5, 0.6) is 0 Å². The number of ether oxygens (including phenoxy) is 2. The van der Waals surface area contributed by atoms with Gasteiger partial charge in [0.25, 0.3) is 0 Å². The molecule has 2 saturated heterocycles. The van der Waals surface area contributed by atoms with Gasteiger partial charge in [0, 0.05) is 62.2 Å². The Hall–Kier alpha value is -3.36. The molecule has 2 aliphatic heterocycles. The fraction of sp³-hybridized carbons (Fsp3) is 0.407. The van der Waals surface area contributed by atoms with E-state index in [0.29, 0.717) is 5.95 Å². The van der Waals surface area contributed by atoms with E-state index >= 15 is 0 Å². The van der Waals surface area contributed by atoms with E-state index in [0.717, 1.165) is 69.8 Å². The SMILES string of the molecule is Cc1cc(C)cc(N(C)c2ccnc(Nc3cc(N4CCOCC4)cc(N4CCOCC4)c3)n2)c1. The average molecular weight is 475 g/mol. The van der Waals surface area contributed by atoms with Crippen LogP contribution in [0.2, 0.25) is 0 Å². The van der Waals surface area contributed by atoms with Crippen molar-refractivity contribution in [3.8, 4) is 0 Å². The summed E-state index contributed by atoms with van der Waals surface area (Å²) in [5, 5.41) is 3.47. The number of nitrogens with one attached hydrogen (secondary N) is 1. The Balaban J connectivity index is 1.42. The second-order valence-corrected chi connectivity index (χ2v) is 9.21. The lowest BCUT2D eigenvalue weighted by Gasteiger charge is -2.33. The van der Waals surface area contributed by atoms with Gasteiger partial charge in [0.1, 0.15) is 5.82 Å². The molecule has 0 unspecified atom stereocenters. The summed E-state index contributed by atoms with van der Waals surface area (Å²) in [6, 6.07) is 15.1.